The molecule has 80 valence electrons. The SMILES string of the molecule is CN1C=C([N+](=O)[O-])N(C)C1C(F)(F)F. The first kappa shape index (κ1) is 10.6. The van der Waals surface area contributed by atoms with Gasteiger partial charge in [0, 0.05) is 7.05 Å². The van der Waals surface area contributed by atoms with E-state index in [1.54, 1.807) is 0 Å². The van der Waals surface area contributed by atoms with E-state index in [0.29, 0.717) is 4.90 Å². The van der Waals surface area contributed by atoms with Crippen LogP contribution in [0.5, 0.6) is 0 Å². The molecule has 0 fully saturated rings. The van der Waals surface area contributed by atoms with E-state index in [1.165, 1.54) is 0 Å². The third kappa shape index (κ3) is 1.59. The second-order valence-electron chi connectivity index (χ2n) is 2.94. The Kier molecular flexibility index (Phi) is 2.30. The van der Waals surface area contributed by atoms with E-state index < -0.39 is 23.1 Å². The van der Waals surface area contributed by atoms with Crippen LogP contribution in [0.1, 0.15) is 0 Å². The molecule has 1 heterocycles. The fourth-order valence-corrected chi connectivity index (χ4v) is 1.37. The maximum atomic E-state index is 12.4. The van der Waals surface area contributed by atoms with Crippen LogP contribution >= 0.6 is 0 Å². The second kappa shape index (κ2) is 3.03. The predicted octanol–water partition coefficient (Wildman–Crippen LogP) is 0.828. The Morgan fingerprint density at radius 2 is 2.00 bits per heavy atom. The van der Waals surface area contributed by atoms with Crippen molar-refractivity contribution in [3.05, 3.63) is 22.1 Å². The van der Waals surface area contributed by atoms with Gasteiger partial charge in [0.25, 0.3) is 6.17 Å². The van der Waals surface area contributed by atoms with Crippen LogP contribution in [-0.2, 0) is 0 Å². The molecule has 1 atom stereocenters. The first-order chi connectivity index (χ1) is 6.25. The zero-order valence-electron chi connectivity index (χ0n) is 7.45. The summed E-state index contributed by atoms with van der Waals surface area (Å²) in [6.45, 7) is 0. The second-order valence-corrected chi connectivity index (χ2v) is 2.94. The van der Waals surface area contributed by atoms with Crippen molar-refractivity contribution in [3.63, 3.8) is 0 Å². The molecule has 0 aromatic carbocycles. The third-order valence-corrected chi connectivity index (χ3v) is 1.91. The molecule has 0 N–H and O–H groups in total. The minimum Gasteiger partial charge on any atom is -0.358 e. The molecular weight excluding hydrogens is 203 g/mol. The topological polar surface area (TPSA) is 49.6 Å². The summed E-state index contributed by atoms with van der Waals surface area (Å²) in [7, 11) is 2.18. The van der Waals surface area contributed by atoms with Gasteiger partial charge in [0.15, 0.2) is 0 Å². The smallest absolute Gasteiger partial charge is 0.358 e. The zero-order chi connectivity index (χ0) is 11.1. The number of alkyl halides is 3. The molecule has 1 aliphatic heterocycles. The van der Waals surface area contributed by atoms with Gasteiger partial charge in [-0.1, -0.05) is 0 Å². The minimum atomic E-state index is -4.52. The summed E-state index contributed by atoms with van der Waals surface area (Å²) >= 11 is 0. The van der Waals surface area contributed by atoms with Gasteiger partial charge in [0.1, 0.15) is 0 Å². The van der Waals surface area contributed by atoms with Crippen molar-refractivity contribution in [1.82, 2.24) is 9.80 Å². The summed E-state index contributed by atoms with van der Waals surface area (Å²) in [5.74, 6) is -0.560. The number of nitro groups is 1. The molecule has 1 unspecified atom stereocenters. The highest BCUT2D eigenvalue weighted by Crippen LogP contribution is 2.32. The molecule has 0 bridgehead atoms. The fourth-order valence-electron chi connectivity index (χ4n) is 1.37. The number of nitrogens with zero attached hydrogens (tertiary/aromatic N) is 3. The summed E-state index contributed by atoms with van der Waals surface area (Å²) in [6.07, 6.45) is -5.61. The number of halogens is 3. The highest BCUT2D eigenvalue weighted by atomic mass is 19.4. The van der Waals surface area contributed by atoms with Crippen molar-refractivity contribution in [2.45, 2.75) is 12.3 Å². The van der Waals surface area contributed by atoms with Crippen LogP contribution in [0.25, 0.3) is 0 Å². The third-order valence-electron chi connectivity index (χ3n) is 1.91. The fraction of sp³-hybridized carbons (Fsp3) is 0.667. The van der Waals surface area contributed by atoms with Crippen LogP contribution < -0.4 is 0 Å². The van der Waals surface area contributed by atoms with E-state index in [0.717, 1.165) is 25.2 Å². The first-order valence-electron chi connectivity index (χ1n) is 3.63. The molecule has 5 nitrogen and oxygen atoms in total. The summed E-state index contributed by atoms with van der Waals surface area (Å²) in [5.41, 5.74) is 0. The van der Waals surface area contributed by atoms with Crippen molar-refractivity contribution < 1.29 is 18.1 Å². The maximum Gasteiger partial charge on any atom is 0.449 e. The lowest BCUT2D eigenvalue weighted by atomic mass is 10.4. The maximum absolute atomic E-state index is 12.4. The minimum absolute atomic E-state index is 0.560. The van der Waals surface area contributed by atoms with Gasteiger partial charge >= 0.3 is 12.0 Å². The lowest BCUT2D eigenvalue weighted by Crippen LogP contribution is -2.47. The van der Waals surface area contributed by atoms with Crippen molar-refractivity contribution in [2.75, 3.05) is 14.1 Å². The molecule has 1 rings (SSSR count). The first-order valence-corrected chi connectivity index (χ1v) is 3.63. The van der Waals surface area contributed by atoms with Crippen LogP contribution in [0.4, 0.5) is 13.2 Å². The molecule has 0 radical (unpaired) electrons. The Morgan fingerprint density at radius 1 is 1.50 bits per heavy atom. The number of hydrogen-bond donors (Lipinski definition) is 0. The van der Waals surface area contributed by atoms with Gasteiger partial charge in [-0.3, -0.25) is 0 Å². The van der Waals surface area contributed by atoms with Crippen LogP contribution in [0.15, 0.2) is 12.0 Å². The molecule has 0 amide bonds. The molecule has 0 spiro atoms. The Labute approximate surface area is 77.5 Å². The van der Waals surface area contributed by atoms with Crippen LogP contribution in [-0.4, -0.2) is 41.2 Å². The average molecular weight is 211 g/mol. The van der Waals surface area contributed by atoms with Crippen LogP contribution in [0.3, 0.4) is 0 Å². The molecule has 0 aromatic heterocycles. The molecule has 0 saturated heterocycles. The Bertz CT molecular complexity index is 289. The summed E-state index contributed by atoms with van der Waals surface area (Å²) < 4.78 is 37.1. The Hall–Kier alpha value is -1.47. The summed E-state index contributed by atoms with van der Waals surface area (Å²) in [4.78, 5) is 10.8. The predicted molar refractivity (Wildman–Crippen MR) is 40.4 cm³/mol. The van der Waals surface area contributed by atoms with Crippen molar-refractivity contribution in [3.8, 4) is 0 Å². The van der Waals surface area contributed by atoms with E-state index in [4.69, 9.17) is 0 Å². The van der Waals surface area contributed by atoms with Gasteiger partial charge in [-0.2, -0.15) is 13.2 Å². The molecule has 0 saturated carbocycles. The lowest BCUT2D eigenvalue weighted by molar-refractivity contribution is -0.447. The van der Waals surface area contributed by atoms with E-state index in [-0.39, 0.29) is 0 Å². The van der Waals surface area contributed by atoms with Gasteiger partial charge in [0.05, 0.1) is 13.2 Å². The molecular formula is C6H8F3N3O2. The largest absolute Gasteiger partial charge is 0.449 e. The van der Waals surface area contributed by atoms with E-state index in [1.807, 2.05) is 0 Å². The Balaban J connectivity index is 2.94. The normalized spacial score (nSPS) is 22.6. The van der Waals surface area contributed by atoms with Crippen molar-refractivity contribution in [1.29, 1.82) is 0 Å². The quantitative estimate of drug-likeness (QED) is 0.476. The molecule has 14 heavy (non-hydrogen) atoms. The van der Waals surface area contributed by atoms with Crippen LogP contribution in [0.2, 0.25) is 0 Å². The number of rotatable bonds is 1. The molecule has 1 aliphatic rings. The van der Waals surface area contributed by atoms with E-state index in [9.17, 15) is 23.3 Å². The average Bonchev–Trinajstić information content (AvgIpc) is 2.24. The van der Waals surface area contributed by atoms with Gasteiger partial charge in [0.2, 0.25) is 0 Å². The highest BCUT2D eigenvalue weighted by molar-refractivity contribution is 5.03. The Morgan fingerprint density at radius 3 is 2.21 bits per heavy atom. The van der Waals surface area contributed by atoms with E-state index in [2.05, 4.69) is 0 Å². The van der Waals surface area contributed by atoms with Gasteiger partial charge < -0.3 is 15.0 Å². The monoisotopic (exact) mass is 211 g/mol. The van der Waals surface area contributed by atoms with E-state index >= 15 is 0 Å². The lowest BCUT2D eigenvalue weighted by Gasteiger charge is -2.24. The zero-order valence-corrected chi connectivity index (χ0v) is 7.45. The summed E-state index contributed by atoms with van der Waals surface area (Å²) in [6, 6.07) is 0. The summed E-state index contributed by atoms with van der Waals surface area (Å²) in [5, 5.41) is 10.3. The van der Waals surface area contributed by atoms with Gasteiger partial charge in [-0.25, -0.2) is 4.90 Å². The van der Waals surface area contributed by atoms with Gasteiger partial charge in [-0.15, -0.1) is 0 Å². The molecule has 8 heteroatoms. The molecule has 0 aromatic rings. The van der Waals surface area contributed by atoms with Gasteiger partial charge in [-0.05, 0) is 4.92 Å². The molecule has 0 aliphatic carbocycles. The van der Waals surface area contributed by atoms with Crippen LogP contribution in [0, 0.1) is 10.1 Å². The highest BCUT2D eigenvalue weighted by Gasteiger charge is 2.54. The van der Waals surface area contributed by atoms with Crippen molar-refractivity contribution >= 4 is 0 Å². The number of hydrogen-bond acceptors (Lipinski definition) is 4. The standard InChI is InChI=1S/C6H8F3N3O2/c1-10-3-4(12(13)14)11(2)5(10)6(7,8)9/h3,5H,1-2H3. The van der Waals surface area contributed by atoms with Crippen molar-refractivity contribution in [2.24, 2.45) is 0 Å².